The molecule has 1 aromatic rings. The van der Waals surface area contributed by atoms with Gasteiger partial charge in [-0.15, -0.1) is 10.1 Å². The highest BCUT2D eigenvalue weighted by Gasteiger charge is 2.18. The van der Waals surface area contributed by atoms with Crippen molar-refractivity contribution in [1.29, 1.82) is 0 Å². The van der Waals surface area contributed by atoms with Crippen LogP contribution in [0.5, 0.6) is 0 Å². The zero-order valence-corrected chi connectivity index (χ0v) is 24.8. The summed E-state index contributed by atoms with van der Waals surface area (Å²) in [6.07, 6.45) is 20.2. The van der Waals surface area contributed by atoms with E-state index >= 15 is 0 Å². The van der Waals surface area contributed by atoms with E-state index in [1.54, 1.807) is 12.3 Å². The molecule has 1 saturated heterocycles. The first kappa shape index (κ1) is 33.7. The number of hydroxylamine groups is 2. The van der Waals surface area contributed by atoms with E-state index < -0.39 is 5.09 Å². The van der Waals surface area contributed by atoms with E-state index in [1.165, 1.54) is 64.2 Å². The van der Waals surface area contributed by atoms with Crippen molar-refractivity contribution in [3.63, 3.8) is 0 Å². The number of carbonyl (C=O) groups is 1. The van der Waals surface area contributed by atoms with Crippen LogP contribution >= 0.6 is 0 Å². The third-order valence-electron chi connectivity index (χ3n) is 7.83. The van der Waals surface area contributed by atoms with Gasteiger partial charge >= 0.3 is 0 Å². The molecule has 2 heterocycles. The predicted octanol–water partition coefficient (Wildman–Crippen LogP) is 6.50. The molecule has 0 unspecified atom stereocenters. The molecule has 1 aromatic heterocycles. The molecule has 0 aromatic carbocycles. The van der Waals surface area contributed by atoms with Crippen LogP contribution in [0, 0.1) is 10.1 Å². The van der Waals surface area contributed by atoms with Gasteiger partial charge in [-0.25, -0.2) is 10.0 Å². The summed E-state index contributed by atoms with van der Waals surface area (Å²) < 4.78 is 0. The molecule has 0 bridgehead atoms. The molecule has 40 heavy (non-hydrogen) atoms. The number of unbranched alkanes of at least 4 members (excludes halogenated alkanes) is 15. The first-order chi connectivity index (χ1) is 19.5. The number of hydrogen-bond donors (Lipinski definition) is 1. The van der Waals surface area contributed by atoms with Crippen molar-refractivity contribution in [3.05, 3.63) is 34.0 Å². The molecule has 228 valence electrons. The van der Waals surface area contributed by atoms with Crippen LogP contribution < -0.4 is 4.90 Å². The lowest BCUT2D eigenvalue weighted by molar-refractivity contribution is -0.757. The van der Waals surface area contributed by atoms with Gasteiger partial charge in [0.05, 0.1) is 12.2 Å². The van der Waals surface area contributed by atoms with Gasteiger partial charge in [-0.3, -0.25) is 10.0 Å². The van der Waals surface area contributed by atoms with Gasteiger partial charge in [0, 0.05) is 38.9 Å². The van der Waals surface area contributed by atoms with E-state index in [0.29, 0.717) is 12.1 Å². The van der Waals surface area contributed by atoms with Crippen LogP contribution in [0.25, 0.3) is 0 Å². The number of piperazine rings is 1. The average Bonchev–Trinajstić information content (AvgIpc) is 2.97. The van der Waals surface area contributed by atoms with Crippen molar-refractivity contribution in [2.75, 3.05) is 50.8 Å². The average molecular weight is 564 g/mol. The summed E-state index contributed by atoms with van der Waals surface area (Å²) in [6.45, 7) is 7.77. The Balaban J connectivity index is 1.38. The quantitative estimate of drug-likeness (QED) is 0.0694. The Hall–Kier alpha value is -2.46. The number of nitrogens with zero attached hydrogens (tertiary/aromatic N) is 5. The smallest absolute Gasteiger partial charge is 0.294 e. The van der Waals surface area contributed by atoms with Crippen LogP contribution in [-0.4, -0.2) is 77.0 Å². The summed E-state index contributed by atoms with van der Waals surface area (Å²) in [5.74, 6) is 0.510. The van der Waals surface area contributed by atoms with Crippen molar-refractivity contribution in [2.45, 2.75) is 110 Å². The summed E-state index contributed by atoms with van der Waals surface area (Å²) in [6, 6.07) is 3.65. The summed E-state index contributed by atoms with van der Waals surface area (Å²) in [4.78, 5) is 36.0. The molecule has 10 heteroatoms. The van der Waals surface area contributed by atoms with Gasteiger partial charge in [-0.1, -0.05) is 96.8 Å². The second-order valence-electron chi connectivity index (χ2n) is 11.0. The molecule has 10 nitrogen and oxygen atoms in total. The number of carbonyl (C=O) groups excluding carboxylic acids is 1. The Kier molecular flexibility index (Phi) is 18.0. The first-order valence-electron chi connectivity index (χ1n) is 15.7. The van der Waals surface area contributed by atoms with Crippen molar-refractivity contribution in [3.8, 4) is 0 Å². The fourth-order valence-electron chi connectivity index (χ4n) is 5.22. The molecule has 1 amide bonds. The summed E-state index contributed by atoms with van der Waals surface area (Å²) in [5.41, 5.74) is 0.427. The van der Waals surface area contributed by atoms with Crippen molar-refractivity contribution in [1.82, 2.24) is 14.9 Å². The number of aromatic nitrogens is 1. The monoisotopic (exact) mass is 563 g/mol. The van der Waals surface area contributed by atoms with Crippen LogP contribution in [0.1, 0.15) is 120 Å². The van der Waals surface area contributed by atoms with E-state index in [1.807, 2.05) is 6.07 Å². The lowest BCUT2D eigenvalue weighted by Gasteiger charge is -2.34. The van der Waals surface area contributed by atoms with Gasteiger partial charge in [-0.2, -0.15) is 0 Å². The Morgan fingerprint density at radius 3 is 1.82 bits per heavy atom. The third kappa shape index (κ3) is 14.8. The molecular formula is C30H53N5O5. The lowest BCUT2D eigenvalue weighted by Crippen LogP contribution is -2.46. The zero-order chi connectivity index (χ0) is 28.8. The Labute approximate surface area is 241 Å². The Bertz CT molecular complexity index is 802. The standard InChI is InChI=1S/C30H53N5O5/c1-2-32-22-24-33(25-23-32)29-20-19-28(27-31-29)30(36)34(37)21-17-15-13-11-9-7-5-3-4-6-8-10-12-14-16-18-26-40-35(38)39/h19-20,27,37H,2-18,21-26H2,1H3. The number of anilines is 1. The molecule has 1 aliphatic rings. The fraction of sp³-hybridized carbons (Fsp3) is 0.800. The van der Waals surface area contributed by atoms with Gasteiger partial charge in [0.25, 0.3) is 11.0 Å². The van der Waals surface area contributed by atoms with E-state index in [-0.39, 0.29) is 12.5 Å². The molecule has 0 atom stereocenters. The molecule has 1 N–H and O–H groups in total. The summed E-state index contributed by atoms with van der Waals surface area (Å²) in [7, 11) is 0. The van der Waals surface area contributed by atoms with E-state index in [2.05, 4.69) is 26.5 Å². The molecule has 1 aliphatic heterocycles. The fourth-order valence-corrected chi connectivity index (χ4v) is 5.22. The van der Waals surface area contributed by atoms with E-state index in [0.717, 1.165) is 82.1 Å². The van der Waals surface area contributed by atoms with Crippen molar-refractivity contribution < 1.29 is 19.9 Å². The van der Waals surface area contributed by atoms with Crippen LogP contribution in [-0.2, 0) is 4.84 Å². The number of rotatable bonds is 23. The number of amides is 1. The van der Waals surface area contributed by atoms with Gasteiger partial charge in [0.2, 0.25) is 0 Å². The minimum absolute atomic E-state index is 0.223. The Morgan fingerprint density at radius 1 is 0.875 bits per heavy atom. The normalized spacial score (nSPS) is 13.9. The van der Waals surface area contributed by atoms with Crippen LogP contribution in [0.2, 0.25) is 0 Å². The van der Waals surface area contributed by atoms with E-state index in [4.69, 9.17) is 0 Å². The second kappa shape index (κ2) is 21.3. The molecule has 1 fully saturated rings. The lowest BCUT2D eigenvalue weighted by atomic mass is 10.0. The molecule has 0 aliphatic carbocycles. The minimum atomic E-state index is -0.716. The number of likely N-dealkylation sites (N-methyl/N-ethyl adjacent to an activating group) is 1. The maximum Gasteiger partial charge on any atom is 0.294 e. The minimum Gasteiger partial charge on any atom is -0.354 e. The third-order valence-corrected chi connectivity index (χ3v) is 7.83. The van der Waals surface area contributed by atoms with E-state index in [9.17, 15) is 20.1 Å². The van der Waals surface area contributed by atoms with Crippen LogP contribution in [0.3, 0.4) is 0 Å². The first-order valence-corrected chi connectivity index (χ1v) is 15.7. The largest absolute Gasteiger partial charge is 0.354 e. The highest BCUT2D eigenvalue weighted by molar-refractivity contribution is 5.93. The maximum absolute atomic E-state index is 12.5. The molecule has 0 saturated carbocycles. The van der Waals surface area contributed by atoms with Gasteiger partial charge in [0.1, 0.15) is 5.82 Å². The zero-order valence-electron chi connectivity index (χ0n) is 24.8. The van der Waals surface area contributed by atoms with Crippen LogP contribution in [0.4, 0.5) is 5.82 Å². The molecule has 0 spiro atoms. The van der Waals surface area contributed by atoms with Crippen molar-refractivity contribution in [2.24, 2.45) is 0 Å². The molecule has 0 radical (unpaired) electrons. The maximum atomic E-state index is 12.5. The summed E-state index contributed by atoms with van der Waals surface area (Å²) >= 11 is 0. The SMILES string of the molecule is CCN1CCN(c2ccc(C(=O)N(O)CCCCCCCCCCCCCCCCCCO[N+](=O)[O-])cn2)CC1. The molecule has 2 rings (SSSR count). The summed E-state index contributed by atoms with van der Waals surface area (Å²) in [5, 5.41) is 20.4. The number of hydrogen-bond acceptors (Lipinski definition) is 8. The highest BCUT2D eigenvalue weighted by Crippen LogP contribution is 2.16. The Morgan fingerprint density at radius 2 is 1.38 bits per heavy atom. The molecular weight excluding hydrogens is 510 g/mol. The van der Waals surface area contributed by atoms with Gasteiger partial charge < -0.3 is 14.6 Å². The topological polar surface area (TPSA) is 112 Å². The highest BCUT2D eigenvalue weighted by atomic mass is 16.9. The predicted molar refractivity (Wildman–Crippen MR) is 158 cm³/mol. The van der Waals surface area contributed by atoms with Gasteiger partial charge in [0.15, 0.2) is 0 Å². The number of pyridine rings is 1. The van der Waals surface area contributed by atoms with Crippen molar-refractivity contribution >= 4 is 11.7 Å². The van der Waals surface area contributed by atoms with Crippen LogP contribution in [0.15, 0.2) is 18.3 Å². The second-order valence-corrected chi connectivity index (χ2v) is 11.0. The van der Waals surface area contributed by atoms with Gasteiger partial charge in [-0.05, 0) is 31.5 Å².